The van der Waals surface area contributed by atoms with Gasteiger partial charge in [-0.25, -0.2) is 8.78 Å². The fourth-order valence-electron chi connectivity index (χ4n) is 2.19. The van der Waals surface area contributed by atoms with Gasteiger partial charge in [-0.1, -0.05) is 0 Å². The molecule has 0 aliphatic rings. The van der Waals surface area contributed by atoms with E-state index in [1.54, 1.807) is 24.3 Å². The first-order valence-corrected chi connectivity index (χ1v) is 8.49. The van der Waals surface area contributed by atoms with Crippen LogP contribution in [-0.2, 0) is 14.3 Å². The maximum atomic E-state index is 13.4. The second-order valence-corrected chi connectivity index (χ2v) is 5.87. The summed E-state index contributed by atoms with van der Waals surface area (Å²) >= 11 is 0. The monoisotopic (exact) mass is 391 g/mol. The van der Waals surface area contributed by atoms with Gasteiger partial charge in [0.1, 0.15) is 17.4 Å². The molecule has 0 bridgehead atoms. The number of anilines is 1. The van der Waals surface area contributed by atoms with E-state index < -0.39 is 30.1 Å². The normalized spacial score (nSPS) is 10.2. The van der Waals surface area contributed by atoms with Crippen LogP contribution < -0.4 is 10.1 Å². The van der Waals surface area contributed by atoms with E-state index in [-0.39, 0.29) is 24.5 Å². The van der Waals surface area contributed by atoms with Crippen LogP contribution in [0.2, 0.25) is 0 Å². The zero-order valence-corrected chi connectivity index (χ0v) is 15.2. The van der Waals surface area contributed by atoms with E-state index in [1.165, 1.54) is 6.92 Å². The summed E-state index contributed by atoms with van der Waals surface area (Å²) in [4.78, 5) is 34.4. The highest BCUT2D eigenvalue weighted by atomic mass is 19.1. The molecule has 2 aromatic rings. The van der Waals surface area contributed by atoms with Gasteiger partial charge in [-0.15, -0.1) is 0 Å². The maximum Gasteiger partial charge on any atom is 0.306 e. The summed E-state index contributed by atoms with van der Waals surface area (Å²) in [6, 6.07) is 9.23. The predicted molar refractivity (Wildman–Crippen MR) is 97.1 cm³/mol. The molecular formula is C20H19F2NO5. The number of carbonyl (C=O) groups is 3. The van der Waals surface area contributed by atoms with Crippen molar-refractivity contribution in [2.45, 2.75) is 19.8 Å². The Hall–Kier alpha value is -3.29. The SMILES string of the molecule is CC(=O)c1ccc(OCCCC(=O)OCC(=O)Nc2cc(F)ccc2F)cc1. The number of ketones is 1. The standard InChI is InChI=1S/C20H19F2NO5/c1-13(24)14-4-7-16(8-5-14)27-10-2-3-20(26)28-12-19(25)23-18-11-15(21)6-9-17(18)22/h4-9,11H,2-3,10,12H2,1H3,(H,23,25). The molecule has 0 fully saturated rings. The van der Waals surface area contributed by atoms with E-state index in [0.29, 0.717) is 17.7 Å². The molecular weight excluding hydrogens is 372 g/mol. The average Bonchev–Trinajstić information content (AvgIpc) is 2.67. The van der Waals surface area contributed by atoms with Crippen molar-refractivity contribution in [3.8, 4) is 5.75 Å². The Balaban J connectivity index is 1.65. The van der Waals surface area contributed by atoms with Gasteiger partial charge in [-0.3, -0.25) is 14.4 Å². The minimum absolute atomic E-state index is 0.0210. The Morgan fingerprint density at radius 3 is 2.43 bits per heavy atom. The average molecular weight is 391 g/mol. The molecule has 0 spiro atoms. The first kappa shape index (κ1) is 21.0. The van der Waals surface area contributed by atoms with E-state index in [1.807, 2.05) is 0 Å². The number of Topliss-reactive ketones (excluding diaryl/α,β-unsaturated/α-hetero) is 1. The van der Waals surface area contributed by atoms with E-state index >= 15 is 0 Å². The van der Waals surface area contributed by atoms with Gasteiger partial charge in [0.15, 0.2) is 12.4 Å². The molecule has 0 radical (unpaired) electrons. The maximum absolute atomic E-state index is 13.4. The van der Waals surface area contributed by atoms with Crippen LogP contribution in [0.15, 0.2) is 42.5 Å². The molecule has 2 aromatic carbocycles. The lowest BCUT2D eigenvalue weighted by molar-refractivity contribution is -0.147. The van der Waals surface area contributed by atoms with Crippen LogP contribution in [0.1, 0.15) is 30.1 Å². The largest absolute Gasteiger partial charge is 0.494 e. The number of esters is 1. The molecule has 0 aliphatic heterocycles. The highest BCUT2D eigenvalue weighted by Crippen LogP contribution is 2.15. The van der Waals surface area contributed by atoms with Crippen molar-refractivity contribution in [3.05, 3.63) is 59.7 Å². The lowest BCUT2D eigenvalue weighted by Crippen LogP contribution is -2.21. The van der Waals surface area contributed by atoms with Gasteiger partial charge in [-0.05, 0) is 49.7 Å². The number of ether oxygens (including phenoxy) is 2. The predicted octanol–water partition coefficient (Wildman–Crippen LogP) is 3.51. The fourth-order valence-corrected chi connectivity index (χ4v) is 2.19. The number of rotatable bonds is 9. The van der Waals surface area contributed by atoms with Crippen molar-refractivity contribution in [3.63, 3.8) is 0 Å². The summed E-state index contributed by atoms with van der Waals surface area (Å²) in [5, 5.41) is 2.13. The van der Waals surface area contributed by atoms with E-state index in [4.69, 9.17) is 9.47 Å². The molecule has 0 saturated heterocycles. The molecule has 1 amide bonds. The number of hydrogen-bond donors (Lipinski definition) is 1. The Morgan fingerprint density at radius 2 is 1.75 bits per heavy atom. The minimum atomic E-state index is -0.797. The summed E-state index contributed by atoms with van der Waals surface area (Å²) in [6.07, 6.45) is 0.376. The molecule has 148 valence electrons. The highest BCUT2D eigenvalue weighted by molar-refractivity contribution is 5.94. The topological polar surface area (TPSA) is 81.7 Å². The molecule has 0 unspecified atom stereocenters. The molecule has 1 N–H and O–H groups in total. The van der Waals surface area contributed by atoms with Gasteiger partial charge in [-0.2, -0.15) is 0 Å². The van der Waals surface area contributed by atoms with Crippen LogP contribution in [0.3, 0.4) is 0 Å². The zero-order chi connectivity index (χ0) is 20.5. The van der Waals surface area contributed by atoms with E-state index in [0.717, 1.165) is 18.2 Å². The third kappa shape index (κ3) is 6.79. The van der Waals surface area contributed by atoms with Crippen LogP contribution in [0.4, 0.5) is 14.5 Å². The highest BCUT2D eigenvalue weighted by Gasteiger charge is 2.11. The molecule has 0 saturated carbocycles. The zero-order valence-electron chi connectivity index (χ0n) is 15.2. The van der Waals surface area contributed by atoms with Gasteiger partial charge in [0.2, 0.25) is 0 Å². The third-order valence-electron chi connectivity index (χ3n) is 3.62. The molecule has 0 heterocycles. The lowest BCUT2D eigenvalue weighted by atomic mass is 10.1. The van der Waals surface area contributed by atoms with Crippen LogP contribution in [0.5, 0.6) is 5.75 Å². The second-order valence-electron chi connectivity index (χ2n) is 5.87. The molecule has 8 heteroatoms. The summed E-state index contributed by atoms with van der Waals surface area (Å²) < 4.78 is 36.7. The van der Waals surface area contributed by atoms with Crippen molar-refractivity contribution >= 4 is 23.3 Å². The number of nitrogens with one attached hydrogen (secondary N) is 1. The fraction of sp³-hybridized carbons (Fsp3) is 0.250. The molecule has 0 atom stereocenters. The van der Waals surface area contributed by atoms with E-state index in [2.05, 4.69) is 5.32 Å². The van der Waals surface area contributed by atoms with Crippen molar-refractivity contribution in [2.75, 3.05) is 18.5 Å². The molecule has 0 aromatic heterocycles. The van der Waals surface area contributed by atoms with Gasteiger partial charge >= 0.3 is 5.97 Å². The number of hydrogen-bond acceptors (Lipinski definition) is 5. The first-order valence-electron chi connectivity index (χ1n) is 8.49. The Morgan fingerprint density at radius 1 is 1.04 bits per heavy atom. The van der Waals surface area contributed by atoms with Crippen LogP contribution in [0, 0.1) is 11.6 Å². The quantitative estimate of drug-likeness (QED) is 0.402. The van der Waals surface area contributed by atoms with Crippen molar-refractivity contribution in [1.29, 1.82) is 0 Å². The number of halogens is 2. The second kappa shape index (κ2) is 10.1. The van der Waals surface area contributed by atoms with Gasteiger partial charge in [0.05, 0.1) is 12.3 Å². The van der Waals surface area contributed by atoms with Crippen molar-refractivity contribution in [2.24, 2.45) is 0 Å². The summed E-state index contributed by atoms with van der Waals surface area (Å²) in [5.41, 5.74) is 0.248. The van der Waals surface area contributed by atoms with Crippen LogP contribution >= 0.6 is 0 Å². The van der Waals surface area contributed by atoms with Gasteiger partial charge in [0, 0.05) is 18.1 Å². The number of carbonyl (C=O) groups excluding carboxylic acids is 3. The van der Waals surface area contributed by atoms with Crippen molar-refractivity contribution < 1.29 is 32.6 Å². The third-order valence-corrected chi connectivity index (χ3v) is 3.62. The van der Waals surface area contributed by atoms with Gasteiger partial charge < -0.3 is 14.8 Å². The van der Waals surface area contributed by atoms with Gasteiger partial charge in [0.25, 0.3) is 5.91 Å². The summed E-state index contributed by atoms with van der Waals surface area (Å²) in [5.74, 6) is -2.38. The minimum Gasteiger partial charge on any atom is -0.494 e. The first-order chi connectivity index (χ1) is 13.3. The Labute approximate surface area is 160 Å². The number of amides is 1. The lowest BCUT2D eigenvalue weighted by Gasteiger charge is -2.08. The summed E-state index contributed by atoms with van der Waals surface area (Å²) in [7, 11) is 0. The molecule has 0 aliphatic carbocycles. The molecule has 28 heavy (non-hydrogen) atoms. The smallest absolute Gasteiger partial charge is 0.306 e. The number of benzene rings is 2. The Bertz CT molecular complexity index is 852. The molecule has 6 nitrogen and oxygen atoms in total. The van der Waals surface area contributed by atoms with Crippen molar-refractivity contribution in [1.82, 2.24) is 0 Å². The van der Waals surface area contributed by atoms with E-state index in [9.17, 15) is 23.2 Å². The van der Waals surface area contributed by atoms with Crippen LogP contribution in [-0.4, -0.2) is 30.9 Å². The van der Waals surface area contributed by atoms with Crippen LogP contribution in [0.25, 0.3) is 0 Å². The molecule has 2 rings (SSSR count). The Kier molecular flexibility index (Phi) is 7.62. The summed E-state index contributed by atoms with van der Waals surface area (Å²) in [6.45, 7) is 1.10.